The first-order chi connectivity index (χ1) is 8.04. The first kappa shape index (κ1) is 12.5. The lowest BCUT2D eigenvalue weighted by Crippen LogP contribution is -1.97. The number of nitrogen functional groups attached to an aromatic ring is 1. The maximum Gasteiger partial charge on any atom is 0.126 e. The van der Waals surface area contributed by atoms with Crippen molar-refractivity contribution in [2.75, 3.05) is 5.73 Å². The zero-order valence-corrected chi connectivity index (χ0v) is 11.0. The van der Waals surface area contributed by atoms with Crippen LogP contribution < -0.4 is 5.73 Å². The van der Waals surface area contributed by atoms with E-state index in [2.05, 4.69) is 0 Å². The predicted molar refractivity (Wildman–Crippen MR) is 70.3 cm³/mol. The molecule has 0 aliphatic carbocycles. The summed E-state index contributed by atoms with van der Waals surface area (Å²) in [4.78, 5) is 1.29. The Labute approximate surface area is 110 Å². The van der Waals surface area contributed by atoms with Gasteiger partial charge < -0.3 is 5.73 Å². The van der Waals surface area contributed by atoms with Crippen LogP contribution in [0.25, 0.3) is 0 Å². The molecular formula is C11H9ClFNOS2. The van der Waals surface area contributed by atoms with Gasteiger partial charge in [-0.3, -0.25) is 4.21 Å². The van der Waals surface area contributed by atoms with E-state index in [0.717, 1.165) is 4.88 Å². The van der Waals surface area contributed by atoms with Crippen molar-refractivity contribution in [3.8, 4) is 0 Å². The Morgan fingerprint density at radius 3 is 2.71 bits per heavy atom. The molecule has 1 heterocycles. The number of halogens is 2. The van der Waals surface area contributed by atoms with Crippen LogP contribution in [0.15, 0.2) is 35.2 Å². The summed E-state index contributed by atoms with van der Waals surface area (Å²) in [5.41, 5.74) is 5.78. The molecule has 2 aromatic rings. The lowest BCUT2D eigenvalue weighted by Gasteiger charge is -2.02. The second-order valence-electron chi connectivity index (χ2n) is 3.42. The van der Waals surface area contributed by atoms with Crippen molar-refractivity contribution in [3.63, 3.8) is 0 Å². The van der Waals surface area contributed by atoms with E-state index >= 15 is 0 Å². The normalized spacial score (nSPS) is 12.6. The Morgan fingerprint density at radius 1 is 1.35 bits per heavy atom. The van der Waals surface area contributed by atoms with Crippen molar-refractivity contribution in [2.45, 2.75) is 10.6 Å². The summed E-state index contributed by atoms with van der Waals surface area (Å²) < 4.78 is 25.7. The fourth-order valence-corrected chi connectivity index (χ4v) is 3.83. The Hall–Kier alpha value is -0.910. The van der Waals surface area contributed by atoms with E-state index in [-0.39, 0.29) is 5.69 Å². The molecule has 0 amide bonds. The molecule has 0 fully saturated rings. The summed E-state index contributed by atoms with van der Waals surface area (Å²) in [6.45, 7) is 0. The highest BCUT2D eigenvalue weighted by atomic mass is 35.5. The fourth-order valence-electron chi connectivity index (χ4n) is 1.36. The van der Waals surface area contributed by atoms with Gasteiger partial charge in [-0.1, -0.05) is 11.6 Å². The van der Waals surface area contributed by atoms with Gasteiger partial charge in [0.2, 0.25) is 0 Å². The van der Waals surface area contributed by atoms with Crippen LogP contribution in [0.1, 0.15) is 4.88 Å². The average molecular weight is 290 g/mol. The molecule has 0 spiro atoms. The van der Waals surface area contributed by atoms with Gasteiger partial charge in [-0.25, -0.2) is 4.39 Å². The van der Waals surface area contributed by atoms with Crippen LogP contribution in [0.3, 0.4) is 0 Å². The zero-order chi connectivity index (χ0) is 12.4. The molecule has 6 heteroatoms. The molecule has 1 aromatic carbocycles. The van der Waals surface area contributed by atoms with Crippen LogP contribution in [0, 0.1) is 5.82 Å². The number of rotatable bonds is 3. The van der Waals surface area contributed by atoms with Crippen LogP contribution >= 0.6 is 22.9 Å². The summed E-state index contributed by atoms with van der Waals surface area (Å²) in [7, 11) is -1.31. The molecule has 17 heavy (non-hydrogen) atoms. The maximum atomic E-state index is 13.1. The molecule has 0 saturated heterocycles. The topological polar surface area (TPSA) is 43.1 Å². The lowest BCUT2D eigenvalue weighted by molar-refractivity contribution is 0.623. The van der Waals surface area contributed by atoms with Gasteiger partial charge >= 0.3 is 0 Å². The number of hydrogen-bond acceptors (Lipinski definition) is 3. The minimum atomic E-state index is -1.31. The Bertz CT molecular complexity index is 550. The molecule has 1 atom stereocenters. The smallest absolute Gasteiger partial charge is 0.126 e. The van der Waals surface area contributed by atoms with Crippen molar-refractivity contribution < 1.29 is 8.60 Å². The second kappa shape index (κ2) is 5.16. The van der Waals surface area contributed by atoms with Crippen LogP contribution in [-0.2, 0) is 16.6 Å². The van der Waals surface area contributed by atoms with Gasteiger partial charge in [-0.2, -0.15) is 0 Å². The number of nitrogens with two attached hydrogens (primary N) is 1. The van der Waals surface area contributed by atoms with Crippen molar-refractivity contribution in [1.82, 2.24) is 0 Å². The predicted octanol–water partition coefficient (Wildman–Crippen LogP) is 3.43. The van der Waals surface area contributed by atoms with Crippen molar-refractivity contribution >= 4 is 39.4 Å². The van der Waals surface area contributed by atoms with E-state index in [9.17, 15) is 8.60 Å². The SMILES string of the molecule is Nc1cc(F)cc(S(=O)Cc2ccc(Cl)s2)c1. The van der Waals surface area contributed by atoms with Gasteiger partial charge in [0.05, 0.1) is 20.9 Å². The molecular weight excluding hydrogens is 281 g/mol. The number of hydrogen-bond donors (Lipinski definition) is 1. The monoisotopic (exact) mass is 289 g/mol. The third-order valence-electron chi connectivity index (χ3n) is 2.06. The highest BCUT2D eigenvalue weighted by molar-refractivity contribution is 7.84. The highest BCUT2D eigenvalue weighted by Crippen LogP contribution is 2.24. The van der Waals surface area contributed by atoms with E-state index in [4.69, 9.17) is 17.3 Å². The largest absolute Gasteiger partial charge is 0.399 e. The van der Waals surface area contributed by atoms with E-state index in [1.165, 1.54) is 29.5 Å². The van der Waals surface area contributed by atoms with Gasteiger partial charge in [0, 0.05) is 15.5 Å². The van der Waals surface area contributed by atoms with Crippen LogP contribution in [0.5, 0.6) is 0 Å². The Morgan fingerprint density at radius 2 is 2.12 bits per heavy atom. The van der Waals surface area contributed by atoms with Gasteiger partial charge in [0.25, 0.3) is 0 Å². The van der Waals surface area contributed by atoms with Gasteiger partial charge in [0.1, 0.15) is 5.82 Å². The minimum absolute atomic E-state index is 0.276. The van der Waals surface area contributed by atoms with Crippen LogP contribution in [-0.4, -0.2) is 4.21 Å². The van der Waals surface area contributed by atoms with Crippen molar-refractivity contribution in [1.29, 1.82) is 0 Å². The molecule has 0 bridgehead atoms. The lowest BCUT2D eigenvalue weighted by atomic mass is 10.3. The second-order valence-corrected chi connectivity index (χ2v) is 6.67. The summed E-state index contributed by atoms with van der Waals surface area (Å²) >= 11 is 7.15. The number of benzene rings is 1. The van der Waals surface area contributed by atoms with Gasteiger partial charge in [-0.05, 0) is 30.3 Å². The van der Waals surface area contributed by atoms with E-state index in [1.807, 2.05) is 6.07 Å². The van der Waals surface area contributed by atoms with Gasteiger partial charge in [-0.15, -0.1) is 11.3 Å². The fraction of sp³-hybridized carbons (Fsp3) is 0.0909. The molecule has 0 aliphatic heterocycles. The molecule has 1 unspecified atom stereocenters. The Balaban J connectivity index is 2.19. The third kappa shape index (κ3) is 3.28. The summed E-state index contributed by atoms with van der Waals surface area (Å²) in [5, 5.41) is 0. The molecule has 0 aliphatic rings. The number of thiophene rings is 1. The van der Waals surface area contributed by atoms with Crippen LogP contribution in [0.4, 0.5) is 10.1 Å². The standard InChI is InChI=1S/C11H9ClFNOS2/c12-11-2-1-9(16-11)6-17(15)10-4-7(13)3-8(14)5-10/h1-5H,6,14H2. The maximum absolute atomic E-state index is 13.1. The van der Waals surface area contributed by atoms with E-state index in [0.29, 0.717) is 15.0 Å². The first-order valence-corrected chi connectivity index (χ1v) is 7.24. The molecule has 2 nitrogen and oxygen atoms in total. The van der Waals surface area contributed by atoms with E-state index in [1.54, 1.807) is 6.07 Å². The molecule has 90 valence electrons. The van der Waals surface area contributed by atoms with Gasteiger partial charge in [0.15, 0.2) is 0 Å². The molecule has 2 rings (SSSR count). The average Bonchev–Trinajstić information content (AvgIpc) is 2.62. The summed E-state index contributed by atoms with van der Waals surface area (Å²) in [6, 6.07) is 7.52. The highest BCUT2D eigenvalue weighted by Gasteiger charge is 2.09. The first-order valence-electron chi connectivity index (χ1n) is 4.73. The zero-order valence-electron chi connectivity index (χ0n) is 8.65. The molecule has 0 saturated carbocycles. The molecule has 1 aromatic heterocycles. The van der Waals surface area contributed by atoms with E-state index < -0.39 is 16.6 Å². The Kier molecular flexibility index (Phi) is 3.81. The summed E-state index contributed by atoms with van der Waals surface area (Å²) in [6.07, 6.45) is 0. The van der Waals surface area contributed by atoms with Crippen LogP contribution in [0.2, 0.25) is 4.34 Å². The van der Waals surface area contributed by atoms with Crippen molar-refractivity contribution in [2.24, 2.45) is 0 Å². The third-order valence-corrected chi connectivity index (χ3v) is 4.81. The molecule has 0 radical (unpaired) electrons. The molecule has 2 N–H and O–H groups in total. The minimum Gasteiger partial charge on any atom is -0.399 e. The van der Waals surface area contributed by atoms with Crippen molar-refractivity contribution in [3.05, 3.63) is 45.4 Å². The quantitative estimate of drug-likeness (QED) is 0.880. The summed E-state index contributed by atoms with van der Waals surface area (Å²) in [5.74, 6) is -0.155. The number of anilines is 1.